The predicted molar refractivity (Wildman–Crippen MR) is 70.1 cm³/mol. The van der Waals surface area contributed by atoms with E-state index in [2.05, 4.69) is 0 Å². The number of carbonyl (C=O) groups excluding carboxylic acids is 1. The first-order chi connectivity index (χ1) is 8.20. The van der Waals surface area contributed by atoms with E-state index in [1.165, 1.54) is 16.9 Å². The first-order valence-corrected chi connectivity index (χ1v) is 6.29. The lowest BCUT2D eigenvalue weighted by Gasteiger charge is -2.02. The van der Waals surface area contributed by atoms with Crippen molar-refractivity contribution < 1.29 is 9.53 Å². The SMILES string of the molecule is COc1ccsc1C(=O)Cc1ccc(C)cc1. The molecule has 0 aliphatic heterocycles. The van der Waals surface area contributed by atoms with E-state index in [4.69, 9.17) is 4.74 Å². The summed E-state index contributed by atoms with van der Waals surface area (Å²) in [6.07, 6.45) is 0.428. The van der Waals surface area contributed by atoms with E-state index in [0.717, 1.165) is 5.56 Å². The number of ketones is 1. The lowest BCUT2D eigenvalue weighted by atomic mass is 10.1. The Bertz CT molecular complexity index is 511. The fraction of sp³-hybridized carbons (Fsp3) is 0.214. The van der Waals surface area contributed by atoms with Gasteiger partial charge in [0, 0.05) is 6.42 Å². The third-order valence-electron chi connectivity index (χ3n) is 2.59. The lowest BCUT2D eigenvalue weighted by Crippen LogP contribution is -2.02. The van der Waals surface area contributed by atoms with Crippen molar-refractivity contribution in [2.24, 2.45) is 0 Å². The second-order valence-corrected chi connectivity index (χ2v) is 4.82. The molecule has 1 aromatic carbocycles. The van der Waals surface area contributed by atoms with Gasteiger partial charge in [-0.3, -0.25) is 4.79 Å². The van der Waals surface area contributed by atoms with Gasteiger partial charge < -0.3 is 4.74 Å². The van der Waals surface area contributed by atoms with E-state index in [1.807, 2.05) is 42.6 Å². The van der Waals surface area contributed by atoms with Crippen LogP contribution in [0.5, 0.6) is 5.75 Å². The van der Waals surface area contributed by atoms with Crippen LogP contribution in [-0.2, 0) is 6.42 Å². The molecule has 0 spiro atoms. The molecule has 3 heteroatoms. The number of benzene rings is 1. The van der Waals surface area contributed by atoms with Gasteiger partial charge >= 0.3 is 0 Å². The van der Waals surface area contributed by atoms with E-state index in [9.17, 15) is 4.79 Å². The maximum atomic E-state index is 12.1. The molecule has 0 aliphatic rings. The van der Waals surface area contributed by atoms with Crippen LogP contribution in [0.2, 0.25) is 0 Å². The molecule has 1 aromatic heterocycles. The third-order valence-corrected chi connectivity index (χ3v) is 3.52. The van der Waals surface area contributed by atoms with Gasteiger partial charge in [0.2, 0.25) is 0 Å². The number of carbonyl (C=O) groups is 1. The molecule has 0 amide bonds. The highest BCUT2D eigenvalue weighted by Crippen LogP contribution is 2.25. The zero-order valence-electron chi connectivity index (χ0n) is 9.90. The number of ether oxygens (including phenoxy) is 1. The van der Waals surface area contributed by atoms with Gasteiger partial charge in [-0.15, -0.1) is 11.3 Å². The van der Waals surface area contributed by atoms with Gasteiger partial charge in [-0.25, -0.2) is 0 Å². The molecular weight excluding hydrogens is 232 g/mol. The van der Waals surface area contributed by atoms with Crippen molar-refractivity contribution in [3.63, 3.8) is 0 Å². The largest absolute Gasteiger partial charge is 0.495 e. The molecule has 1 heterocycles. The van der Waals surface area contributed by atoms with E-state index in [1.54, 1.807) is 7.11 Å². The van der Waals surface area contributed by atoms with Crippen molar-refractivity contribution in [3.05, 3.63) is 51.7 Å². The fourth-order valence-electron chi connectivity index (χ4n) is 1.63. The minimum atomic E-state index is 0.112. The molecule has 2 rings (SSSR count). The Morgan fingerprint density at radius 2 is 1.94 bits per heavy atom. The van der Waals surface area contributed by atoms with Crippen LogP contribution in [0, 0.1) is 6.92 Å². The number of methoxy groups -OCH3 is 1. The van der Waals surface area contributed by atoms with Gasteiger partial charge in [0.15, 0.2) is 5.78 Å². The Labute approximate surface area is 105 Å². The molecule has 0 unspecified atom stereocenters. The molecule has 0 fully saturated rings. The molecule has 2 aromatic rings. The zero-order valence-corrected chi connectivity index (χ0v) is 10.7. The second-order valence-electron chi connectivity index (χ2n) is 3.90. The zero-order chi connectivity index (χ0) is 12.3. The normalized spacial score (nSPS) is 10.2. The Kier molecular flexibility index (Phi) is 3.59. The molecule has 0 saturated heterocycles. The van der Waals surface area contributed by atoms with Crippen LogP contribution in [-0.4, -0.2) is 12.9 Å². The Hall–Kier alpha value is -1.61. The summed E-state index contributed by atoms with van der Waals surface area (Å²) in [6.45, 7) is 2.04. The Morgan fingerprint density at radius 3 is 2.59 bits per heavy atom. The van der Waals surface area contributed by atoms with Gasteiger partial charge in [-0.2, -0.15) is 0 Å². The Balaban J connectivity index is 2.14. The summed E-state index contributed by atoms with van der Waals surface area (Å²) in [6, 6.07) is 9.86. The monoisotopic (exact) mass is 246 g/mol. The van der Waals surface area contributed by atoms with Gasteiger partial charge in [-0.05, 0) is 23.9 Å². The topological polar surface area (TPSA) is 26.3 Å². The standard InChI is InChI=1S/C14H14O2S/c1-10-3-5-11(6-4-10)9-12(15)14-13(16-2)7-8-17-14/h3-8H,9H2,1-2H3. The highest BCUT2D eigenvalue weighted by atomic mass is 32.1. The maximum Gasteiger partial charge on any atom is 0.180 e. The summed E-state index contributed by atoms with van der Waals surface area (Å²) in [5, 5.41) is 1.88. The molecular formula is C14H14O2S. The summed E-state index contributed by atoms with van der Waals surface area (Å²) in [7, 11) is 1.59. The van der Waals surface area contributed by atoms with Crippen LogP contribution in [0.25, 0.3) is 0 Å². The molecule has 0 N–H and O–H groups in total. The van der Waals surface area contributed by atoms with Crippen LogP contribution >= 0.6 is 11.3 Å². The van der Waals surface area contributed by atoms with Crippen molar-refractivity contribution in [2.75, 3.05) is 7.11 Å². The summed E-state index contributed by atoms with van der Waals surface area (Å²) in [5.41, 5.74) is 2.24. The summed E-state index contributed by atoms with van der Waals surface area (Å²) >= 11 is 1.43. The Morgan fingerprint density at radius 1 is 1.24 bits per heavy atom. The number of aryl methyl sites for hydroxylation is 1. The van der Waals surface area contributed by atoms with E-state index >= 15 is 0 Å². The molecule has 0 bridgehead atoms. The molecule has 17 heavy (non-hydrogen) atoms. The van der Waals surface area contributed by atoms with E-state index in [-0.39, 0.29) is 5.78 Å². The first kappa shape index (κ1) is 11.9. The van der Waals surface area contributed by atoms with Gasteiger partial charge in [0.25, 0.3) is 0 Å². The number of thiophene rings is 1. The van der Waals surface area contributed by atoms with Crippen molar-refractivity contribution in [3.8, 4) is 5.75 Å². The number of Topliss-reactive ketones (excluding diaryl/α,β-unsaturated/α-hetero) is 1. The minimum absolute atomic E-state index is 0.112. The quantitative estimate of drug-likeness (QED) is 0.772. The molecule has 0 saturated carbocycles. The summed E-state index contributed by atoms with van der Waals surface area (Å²) in [4.78, 5) is 12.8. The predicted octanol–water partition coefficient (Wildman–Crippen LogP) is 3.49. The number of rotatable bonds is 4. The highest BCUT2D eigenvalue weighted by Gasteiger charge is 2.14. The van der Waals surface area contributed by atoms with Crippen LogP contribution in [0.4, 0.5) is 0 Å². The maximum absolute atomic E-state index is 12.1. The van der Waals surface area contributed by atoms with Crippen molar-refractivity contribution in [1.82, 2.24) is 0 Å². The molecule has 2 nitrogen and oxygen atoms in total. The number of hydrogen-bond donors (Lipinski definition) is 0. The van der Waals surface area contributed by atoms with Crippen LogP contribution in [0.3, 0.4) is 0 Å². The molecule has 0 atom stereocenters. The van der Waals surface area contributed by atoms with Crippen LogP contribution in [0.1, 0.15) is 20.8 Å². The average molecular weight is 246 g/mol. The molecule has 0 aliphatic carbocycles. The smallest absolute Gasteiger partial charge is 0.180 e. The fourth-order valence-corrected chi connectivity index (χ4v) is 2.43. The average Bonchev–Trinajstić information content (AvgIpc) is 2.80. The van der Waals surface area contributed by atoms with Crippen molar-refractivity contribution >= 4 is 17.1 Å². The summed E-state index contributed by atoms with van der Waals surface area (Å²) in [5.74, 6) is 0.785. The third kappa shape index (κ3) is 2.74. The van der Waals surface area contributed by atoms with Crippen molar-refractivity contribution in [2.45, 2.75) is 13.3 Å². The number of hydrogen-bond acceptors (Lipinski definition) is 3. The minimum Gasteiger partial charge on any atom is -0.495 e. The summed E-state index contributed by atoms with van der Waals surface area (Å²) < 4.78 is 5.15. The van der Waals surface area contributed by atoms with Gasteiger partial charge in [0.05, 0.1) is 7.11 Å². The molecule has 88 valence electrons. The van der Waals surface area contributed by atoms with E-state index in [0.29, 0.717) is 17.0 Å². The highest BCUT2D eigenvalue weighted by molar-refractivity contribution is 7.12. The van der Waals surface area contributed by atoms with Gasteiger partial charge in [0.1, 0.15) is 10.6 Å². The van der Waals surface area contributed by atoms with Crippen LogP contribution < -0.4 is 4.74 Å². The lowest BCUT2D eigenvalue weighted by molar-refractivity contribution is 0.0994. The van der Waals surface area contributed by atoms with Crippen molar-refractivity contribution in [1.29, 1.82) is 0 Å². The molecule has 0 radical (unpaired) electrons. The second kappa shape index (κ2) is 5.15. The van der Waals surface area contributed by atoms with Crippen LogP contribution in [0.15, 0.2) is 35.7 Å². The van der Waals surface area contributed by atoms with E-state index < -0.39 is 0 Å². The van der Waals surface area contributed by atoms with Gasteiger partial charge in [-0.1, -0.05) is 29.8 Å². The first-order valence-electron chi connectivity index (χ1n) is 5.41.